The fraction of sp³-hybridized carbons (Fsp3) is 0.600. The lowest BCUT2D eigenvalue weighted by molar-refractivity contribution is -0.624. The molecule has 1 aliphatic rings. The molecule has 0 atom stereocenters. The predicted octanol–water partition coefficient (Wildman–Crippen LogP) is 0.503. The van der Waals surface area contributed by atoms with Gasteiger partial charge in [-0.15, -0.1) is 5.43 Å². The summed E-state index contributed by atoms with van der Waals surface area (Å²) >= 11 is 0. The van der Waals surface area contributed by atoms with Crippen molar-refractivity contribution in [3.63, 3.8) is 0 Å². The van der Waals surface area contributed by atoms with Gasteiger partial charge in [-0.3, -0.25) is 0 Å². The first-order valence-corrected chi connectivity index (χ1v) is 2.63. The quantitative estimate of drug-likeness (QED) is 0.454. The minimum atomic E-state index is 0.891. The first-order chi connectivity index (χ1) is 3.83. The van der Waals surface area contributed by atoms with Crippen molar-refractivity contribution >= 4 is 0 Å². The Labute approximate surface area is 48.7 Å². The molecule has 0 aliphatic carbocycles. The van der Waals surface area contributed by atoms with Crippen LogP contribution in [0, 0.1) is 0 Å². The van der Waals surface area contributed by atoms with Crippen LogP contribution in [0.2, 0.25) is 0 Å². The second-order valence-corrected chi connectivity index (χ2v) is 1.78. The van der Waals surface area contributed by atoms with E-state index in [0.717, 1.165) is 6.54 Å². The zero-order chi connectivity index (χ0) is 5.98. The molecule has 0 aromatic rings. The molecule has 0 fully saturated rings. The molecule has 1 aliphatic heterocycles. The third-order valence-corrected chi connectivity index (χ3v) is 1.12. The van der Waals surface area contributed by atoms with Crippen LogP contribution in [0.3, 0.4) is 0 Å². The molecule has 0 spiro atoms. The highest BCUT2D eigenvalue weighted by atomic mass is 15.6. The minimum absolute atomic E-state index is 0.891. The Morgan fingerprint density at radius 2 is 2.62 bits per heavy atom. The van der Waals surface area contributed by atoms with Gasteiger partial charge in [0.1, 0.15) is 0 Å². The summed E-state index contributed by atoms with van der Waals surface area (Å²) in [5.41, 5.74) is 4.21. The zero-order valence-corrected chi connectivity index (χ0v) is 5.18. The van der Waals surface area contributed by atoms with Gasteiger partial charge in [-0.1, -0.05) is 0 Å². The SMILES string of the molecule is CN=[N+]1CC=C(C)N1. The normalized spacial score (nSPS) is 23.2. The van der Waals surface area contributed by atoms with Crippen LogP contribution in [-0.2, 0) is 0 Å². The third kappa shape index (κ3) is 0.857. The summed E-state index contributed by atoms with van der Waals surface area (Å²) in [6.45, 7) is 2.91. The zero-order valence-electron chi connectivity index (χ0n) is 5.18. The number of hydrogen-bond acceptors (Lipinski definition) is 1. The van der Waals surface area contributed by atoms with Crippen LogP contribution in [0.15, 0.2) is 16.9 Å². The lowest BCUT2D eigenvalue weighted by Crippen LogP contribution is -2.18. The van der Waals surface area contributed by atoms with Crippen LogP contribution >= 0.6 is 0 Å². The lowest BCUT2D eigenvalue weighted by Gasteiger charge is -1.86. The highest BCUT2D eigenvalue weighted by molar-refractivity contribution is 4.94. The maximum absolute atomic E-state index is 3.91. The highest BCUT2D eigenvalue weighted by Gasteiger charge is 2.09. The van der Waals surface area contributed by atoms with E-state index in [1.165, 1.54) is 5.70 Å². The van der Waals surface area contributed by atoms with Gasteiger partial charge < -0.3 is 0 Å². The van der Waals surface area contributed by atoms with Crippen molar-refractivity contribution in [1.29, 1.82) is 0 Å². The molecule has 1 rings (SSSR count). The van der Waals surface area contributed by atoms with Crippen LogP contribution < -0.4 is 5.43 Å². The molecule has 0 radical (unpaired) electrons. The number of hydrogen-bond donors (Lipinski definition) is 1. The molecule has 0 unspecified atom stereocenters. The van der Waals surface area contributed by atoms with Gasteiger partial charge in [0.15, 0.2) is 0 Å². The summed E-state index contributed by atoms with van der Waals surface area (Å²) < 4.78 is 0. The van der Waals surface area contributed by atoms with Gasteiger partial charge in [-0.2, -0.15) is 0 Å². The van der Waals surface area contributed by atoms with Crippen LogP contribution in [0.25, 0.3) is 0 Å². The topological polar surface area (TPSA) is 27.4 Å². The average Bonchev–Trinajstić information content (AvgIpc) is 2.14. The fourth-order valence-corrected chi connectivity index (χ4v) is 0.650. The van der Waals surface area contributed by atoms with Crippen molar-refractivity contribution in [3.8, 4) is 0 Å². The Morgan fingerprint density at radius 3 is 2.88 bits per heavy atom. The summed E-state index contributed by atoms with van der Waals surface area (Å²) in [6.07, 6.45) is 2.09. The molecule has 0 saturated carbocycles. The van der Waals surface area contributed by atoms with E-state index in [1.807, 2.05) is 6.92 Å². The molecule has 0 aromatic carbocycles. The summed E-state index contributed by atoms with van der Waals surface area (Å²) in [5.74, 6) is 0. The van der Waals surface area contributed by atoms with E-state index in [1.54, 1.807) is 11.9 Å². The molecule has 0 aromatic heterocycles. The first-order valence-electron chi connectivity index (χ1n) is 2.63. The number of nitrogens with zero attached hydrogens (tertiary/aromatic N) is 2. The van der Waals surface area contributed by atoms with E-state index in [4.69, 9.17) is 0 Å². The van der Waals surface area contributed by atoms with Crippen molar-refractivity contribution in [2.75, 3.05) is 13.6 Å². The Kier molecular flexibility index (Phi) is 1.28. The van der Waals surface area contributed by atoms with Crippen molar-refractivity contribution in [2.45, 2.75) is 6.92 Å². The van der Waals surface area contributed by atoms with Crippen LogP contribution in [0.4, 0.5) is 0 Å². The summed E-state index contributed by atoms with van der Waals surface area (Å²) in [5, 5.41) is 3.91. The average molecular weight is 112 g/mol. The summed E-state index contributed by atoms with van der Waals surface area (Å²) in [6, 6.07) is 0. The van der Waals surface area contributed by atoms with Crippen molar-refractivity contribution in [3.05, 3.63) is 11.8 Å². The predicted molar refractivity (Wildman–Crippen MR) is 30.4 cm³/mol. The Hall–Kier alpha value is -0.860. The molecule has 3 heteroatoms. The van der Waals surface area contributed by atoms with Gasteiger partial charge in [0.05, 0.1) is 12.7 Å². The standard InChI is InChI=1S/C5H10N3/c1-5-3-4-8(6-2)7-5/h3H,4H2,1-2H3,(H,6,7)/q+1. The molecule has 8 heavy (non-hydrogen) atoms. The Balaban J connectivity index is 2.56. The molecule has 3 nitrogen and oxygen atoms in total. The van der Waals surface area contributed by atoms with E-state index in [0.29, 0.717) is 0 Å². The maximum Gasteiger partial charge on any atom is 0.220 e. The molecule has 0 saturated heterocycles. The van der Waals surface area contributed by atoms with Crippen LogP contribution in [0.5, 0.6) is 0 Å². The van der Waals surface area contributed by atoms with Gasteiger partial charge in [-0.05, 0) is 16.8 Å². The number of allylic oxidation sites excluding steroid dienone is 1. The second-order valence-electron chi connectivity index (χ2n) is 1.78. The molecule has 44 valence electrons. The van der Waals surface area contributed by atoms with Gasteiger partial charge in [0.25, 0.3) is 0 Å². The van der Waals surface area contributed by atoms with E-state index < -0.39 is 0 Å². The minimum Gasteiger partial charge on any atom is -0.146 e. The van der Waals surface area contributed by atoms with E-state index in [2.05, 4.69) is 16.6 Å². The van der Waals surface area contributed by atoms with E-state index >= 15 is 0 Å². The molecule has 1 heterocycles. The summed E-state index contributed by atoms with van der Waals surface area (Å²) in [7, 11) is 1.76. The van der Waals surface area contributed by atoms with Crippen molar-refractivity contribution < 1.29 is 4.81 Å². The third-order valence-electron chi connectivity index (χ3n) is 1.12. The van der Waals surface area contributed by atoms with Crippen molar-refractivity contribution in [1.82, 2.24) is 5.43 Å². The monoisotopic (exact) mass is 112 g/mol. The number of azo groups is 1. The lowest BCUT2D eigenvalue weighted by atomic mass is 10.5. The molecule has 0 amide bonds. The fourth-order valence-electron chi connectivity index (χ4n) is 0.650. The molecular weight excluding hydrogens is 102 g/mol. The maximum atomic E-state index is 3.91. The highest BCUT2D eigenvalue weighted by Crippen LogP contribution is 1.94. The largest absolute Gasteiger partial charge is 0.220 e. The molecule has 1 N–H and O–H groups in total. The smallest absolute Gasteiger partial charge is 0.146 e. The molecule has 0 bridgehead atoms. The Morgan fingerprint density at radius 1 is 1.88 bits per heavy atom. The van der Waals surface area contributed by atoms with Gasteiger partial charge in [0, 0.05) is 6.08 Å². The van der Waals surface area contributed by atoms with E-state index in [9.17, 15) is 0 Å². The number of hydrazine groups is 1. The van der Waals surface area contributed by atoms with E-state index in [-0.39, 0.29) is 0 Å². The Bertz CT molecular complexity index is 146. The van der Waals surface area contributed by atoms with Crippen molar-refractivity contribution in [2.24, 2.45) is 5.11 Å². The van der Waals surface area contributed by atoms with Gasteiger partial charge in [0.2, 0.25) is 6.54 Å². The second kappa shape index (κ2) is 1.94. The number of nitrogens with one attached hydrogen (secondary N) is 1. The van der Waals surface area contributed by atoms with Gasteiger partial charge in [-0.25, -0.2) is 0 Å². The van der Waals surface area contributed by atoms with Gasteiger partial charge >= 0.3 is 0 Å². The van der Waals surface area contributed by atoms with Crippen LogP contribution in [-0.4, -0.2) is 18.4 Å². The first kappa shape index (κ1) is 5.28. The summed E-state index contributed by atoms with van der Waals surface area (Å²) in [4.78, 5) is 1.79. The number of rotatable bonds is 0. The molecular formula is C5H10N3+. The van der Waals surface area contributed by atoms with Crippen LogP contribution in [0.1, 0.15) is 6.92 Å².